The van der Waals surface area contributed by atoms with Crippen molar-refractivity contribution in [3.63, 3.8) is 0 Å². The van der Waals surface area contributed by atoms with Crippen LogP contribution in [0.5, 0.6) is 34.5 Å². The lowest BCUT2D eigenvalue weighted by Gasteiger charge is -2.17. The molecule has 0 aliphatic heterocycles. The Balaban J connectivity index is 0.000000274. The maximum absolute atomic E-state index is 14.1. The monoisotopic (exact) mass is 2300 g/mol. The number of anilines is 6. The number of methoxy groups -OCH3 is 6. The van der Waals surface area contributed by atoms with Crippen LogP contribution in [0.2, 0.25) is 5.02 Å². The van der Waals surface area contributed by atoms with Crippen LogP contribution in [0.4, 0.5) is 120 Å². The van der Waals surface area contributed by atoms with Gasteiger partial charge in [-0.3, -0.25) is 31.9 Å². The minimum absolute atomic E-state index is 0. The number of carbonyl (C=O) groups is 6. The first kappa shape index (κ1) is 124. The molecule has 0 saturated carbocycles. The van der Waals surface area contributed by atoms with Crippen molar-refractivity contribution in [2.45, 2.75) is 176 Å². The van der Waals surface area contributed by atoms with E-state index in [-0.39, 0.29) is 126 Å². The number of alkyl halides is 12. The van der Waals surface area contributed by atoms with Crippen molar-refractivity contribution in [2.75, 3.05) is 74.6 Å². The zero-order valence-electron chi connectivity index (χ0n) is 84.5. The summed E-state index contributed by atoms with van der Waals surface area (Å²) in [5.41, 5.74) is 15.2. The molecule has 150 heavy (non-hydrogen) atoms. The molecular formula is C110H116BrClF13IN6O18. The summed E-state index contributed by atoms with van der Waals surface area (Å²) in [5.74, 6) is -0.0188. The molecule has 0 atom stereocenters. The Hall–Kier alpha value is -14.4. The van der Waals surface area contributed by atoms with Gasteiger partial charge in [-0.05, 0) is 318 Å². The SMILES string of the molecule is C.COC(=O)Nc1cccc(Br)c1COc1cc(C)c(C)cc1C(F)F.COC(=O)Nc1cccc(C)c1COc1cc(C)c(C)cc1C(F)F.COC(=O)Nc1cccc(Cl)c1COc1cc(C)c(C)cc1C(F)F.COC(=O)Nc1cccc(F)c1COc1cc(C)c(C)cc1C(F)F.COC(=O)Nc1cccc(I)c1COc1cc(C)c(C)cc1C(F)F.COC(=O)Nc1ccccc1COc1cc(C)c(C)cc1C(F)F. The second-order valence-corrected chi connectivity index (χ2v) is 35.3. The second kappa shape index (κ2) is 60.3. The topological polar surface area (TPSA) is 285 Å². The highest BCUT2D eigenvalue weighted by molar-refractivity contribution is 14.1. The highest BCUT2D eigenvalue weighted by Gasteiger charge is 2.27. The van der Waals surface area contributed by atoms with Gasteiger partial charge in [-0.2, -0.15) is 0 Å². The van der Waals surface area contributed by atoms with E-state index in [2.05, 4.69) is 98.8 Å². The maximum atomic E-state index is 14.1. The summed E-state index contributed by atoms with van der Waals surface area (Å²) < 4.78 is 236. The number of carbonyl (C=O) groups excluding carboxylic acids is 6. The second-order valence-electron chi connectivity index (χ2n) is 32.9. The normalized spacial score (nSPS) is 10.6. The molecule has 0 aromatic heterocycles. The molecule has 0 spiro atoms. The highest BCUT2D eigenvalue weighted by Crippen LogP contribution is 2.42. The summed E-state index contributed by atoms with van der Waals surface area (Å²) in [7, 11) is 7.47. The third-order valence-corrected chi connectivity index (χ3v) is 25.0. The Morgan fingerprint density at radius 3 is 0.827 bits per heavy atom. The Morgan fingerprint density at radius 2 is 0.500 bits per heavy atom. The van der Waals surface area contributed by atoms with Crippen LogP contribution in [0.25, 0.3) is 0 Å². The minimum atomic E-state index is -2.72. The van der Waals surface area contributed by atoms with Crippen LogP contribution in [0, 0.1) is 99.4 Å². The van der Waals surface area contributed by atoms with Crippen LogP contribution < -0.4 is 60.3 Å². The van der Waals surface area contributed by atoms with Crippen LogP contribution in [0.3, 0.4) is 0 Å². The molecule has 40 heteroatoms. The third kappa shape index (κ3) is 36.8. The predicted octanol–water partition coefficient (Wildman–Crippen LogP) is 33.1. The molecule has 6 N–H and O–H groups in total. The van der Waals surface area contributed by atoms with E-state index in [9.17, 15) is 85.8 Å². The standard InChI is InChI=1S/C19H21F2NO3.C18H18BrF2NO3.C18H18ClF2NO3.C18H18F3NO3.C18H18F2INO3.C18H19F2NO3.CH4/c1-11-6-5-7-16(22-19(23)24-4)15(11)10-25-17-9-13(3)12(2)8-14(17)18(20)21;3*1-10-7-12(17(20)21)16(8-11(10)2)25-9-13-14(19)5-4-6-15(13)22-18(23)24-3;1-10-7-12(17(19)20)16(8-11(10)2)25-9-13-14(21)5-4-6-15(13)22-18(23)24-3;1-11-8-14(17(19)20)16(9-12(11)2)24-10-13-6-4-5-7-15(13)21-18(22)23-3;/h5-9,18H,10H2,1-4H3,(H,22,23);4*4-8,17H,9H2,1-3H3,(H,22,23);4-9,17H,10H2,1-3H3,(H,21,22);1H4. The number of hydrogen-bond acceptors (Lipinski definition) is 18. The first-order valence-corrected chi connectivity index (χ1v) is 47.3. The summed E-state index contributed by atoms with van der Waals surface area (Å²) in [5, 5.41) is 15.6. The number of ether oxygens (including phenoxy) is 12. The van der Waals surface area contributed by atoms with Crippen LogP contribution in [0.1, 0.15) is 185 Å². The lowest BCUT2D eigenvalue weighted by atomic mass is 10.0. The number of nitrogens with one attached hydrogen (secondary N) is 6. The summed E-state index contributed by atoms with van der Waals surface area (Å²) in [6.45, 7) is 23.1. The van der Waals surface area contributed by atoms with Gasteiger partial charge in [0.25, 0.3) is 38.6 Å². The molecule has 0 heterocycles. The van der Waals surface area contributed by atoms with Crippen molar-refractivity contribution in [1.29, 1.82) is 0 Å². The molecule has 12 aromatic carbocycles. The first-order valence-electron chi connectivity index (χ1n) is 45.1. The van der Waals surface area contributed by atoms with Crippen LogP contribution >= 0.6 is 50.1 Å². The molecule has 6 amide bonds. The Labute approximate surface area is 888 Å². The average Bonchev–Trinajstić information content (AvgIpc) is 0.833. The van der Waals surface area contributed by atoms with Gasteiger partial charge in [0.2, 0.25) is 0 Å². The van der Waals surface area contributed by atoms with Crippen molar-refractivity contribution in [3.05, 3.63) is 346 Å². The van der Waals surface area contributed by atoms with Crippen molar-refractivity contribution in [2.24, 2.45) is 0 Å². The molecule has 0 saturated heterocycles. The van der Waals surface area contributed by atoms with E-state index >= 15 is 0 Å². The predicted molar refractivity (Wildman–Crippen MR) is 563 cm³/mol. The van der Waals surface area contributed by atoms with E-state index in [4.69, 9.17) is 40.0 Å². The van der Waals surface area contributed by atoms with Gasteiger partial charge in [-0.25, -0.2) is 85.8 Å². The number of amides is 6. The van der Waals surface area contributed by atoms with E-state index in [1.165, 1.54) is 103 Å². The fourth-order valence-corrected chi connectivity index (χ4v) is 14.9. The fraction of sp³-hybridized carbons (Fsp3) is 0.291. The zero-order valence-corrected chi connectivity index (χ0v) is 89.0. The molecule has 806 valence electrons. The quantitative estimate of drug-likeness (QED) is 0.0139. The fourth-order valence-electron chi connectivity index (χ4n) is 13.6. The van der Waals surface area contributed by atoms with Gasteiger partial charge in [0.15, 0.2) is 0 Å². The number of halogens is 16. The molecule has 24 nitrogen and oxygen atoms in total. The van der Waals surface area contributed by atoms with Crippen molar-refractivity contribution < 1.29 is 143 Å². The summed E-state index contributed by atoms with van der Waals surface area (Å²) >= 11 is 11.6. The molecule has 0 bridgehead atoms. The number of hydrogen-bond donors (Lipinski definition) is 6. The van der Waals surface area contributed by atoms with E-state index in [1.807, 2.05) is 53.7 Å². The van der Waals surface area contributed by atoms with Gasteiger partial charge >= 0.3 is 36.6 Å². The minimum Gasteiger partial charge on any atom is -0.488 e. The maximum Gasteiger partial charge on any atom is 0.411 e. The van der Waals surface area contributed by atoms with Crippen molar-refractivity contribution in [3.8, 4) is 34.5 Å². The zero-order chi connectivity index (χ0) is 110. The average molecular weight is 2300 g/mol. The summed E-state index contributed by atoms with van der Waals surface area (Å²) in [6.07, 6.45) is -19.8. The van der Waals surface area contributed by atoms with Crippen LogP contribution in [-0.4, -0.2) is 79.2 Å². The number of benzene rings is 12. The molecule has 0 unspecified atom stereocenters. The van der Waals surface area contributed by atoms with Gasteiger partial charge in [-0.15, -0.1) is 0 Å². The lowest BCUT2D eigenvalue weighted by Crippen LogP contribution is -2.14. The Morgan fingerprint density at radius 1 is 0.273 bits per heavy atom. The van der Waals surface area contributed by atoms with Gasteiger partial charge < -0.3 is 56.8 Å². The Bertz CT molecular complexity index is 5890. The van der Waals surface area contributed by atoms with E-state index in [1.54, 1.807) is 164 Å². The Kier molecular flexibility index (Phi) is 50.0. The number of para-hydroxylation sites is 1. The largest absolute Gasteiger partial charge is 0.488 e. The molecule has 0 aliphatic carbocycles. The lowest BCUT2D eigenvalue weighted by molar-refractivity contribution is 0.143. The number of rotatable bonds is 30. The molecular weight excluding hydrogens is 2180 g/mol. The summed E-state index contributed by atoms with van der Waals surface area (Å²) in [6, 6.07) is 49.8. The molecule has 0 aliphatic rings. The highest BCUT2D eigenvalue weighted by atomic mass is 127. The molecule has 0 fully saturated rings. The third-order valence-electron chi connectivity index (χ3n) is 22.8. The van der Waals surface area contributed by atoms with Gasteiger partial charge in [-0.1, -0.05) is 89.6 Å². The molecule has 0 radical (unpaired) electrons. The molecule has 12 aromatic rings. The van der Waals surface area contributed by atoms with Crippen molar-refractivity contribution in [1.82, 2.24) is 0 Å². The van der Waals surface area contributed by atoms with Gasteiger partial charge in [0.05, 0.1) is 110 Å². The van der Waals surface area contributed by atoms with Crippen molar-refractivity contribution >= 4 is 121 Å². The van der Waals surface area contributed by atoms with Crippen LogP contribution in [0.15, 0.2) is 193 Å². The summed E-state index contributed by atoms with van der Waals surface area (Å²) in [4.78, 5) is 68.5. The number of aryl methyl sites for hydroxylation is 13. The smallest absolute Gasteiger partial charge is 0.411 e. The van der Waals surface area contributed by atoms with Gasteiger partial charge in [0, 0.05) is 46.4 Å². The van der Waals surface area contributed by atoms with E-state index in [0.717, 1.165) is 70.3 Å². The van der Waals surface area contributed by atoms with Crippen LogP contribution in [-0.2, 0) is 68.1 Å². The van der Waals surface area contributed by atoms with E-state index < -0.39 is 80.9 Å². The molecule has 12 rings (SSSR count). The van der Waals surface area contributed by atoms with E-state index in [0.29, 0.717) is 71.3 Å². The first-order chi connectivity index (χ1) is 70.6. The van der Waals surface area contributed by atoms with Gasteiger partial charge in [0.1, 0.15) is 80.0 Å².